The van der Waals surface area contributed by atoms with E-state index in [-0.39, 0.29) is 24.5 Å². The molecule has 0 bridgehead atoms. The van der Waals surface area contributed by atoms with Gasteiger partial charge in [-0.25, -0.2) is 0 Å². The Balaban J connectivity index is 1.56. The van der Waals surface area contributed by atoms with Gasteiger partial charge in [0.15, 0.2) is 6.61 Å². The van der Waals surface area contributed by atoms with Crippen molar-refractivity contribution in [1.29, 1.82) is 0 Å². The molecule has 0 aromatic heterocycles. The number of fused-ring (bicyclic) bond motifs is 1. The van der Waals surface area contributed by atoms with Gasteiger partial charge in [0, 0.05) is 25.0 Å². The second kappa shape index (κ2) is 7.21. The third kappa shape index (κ3) is 4.06. The number of rotatable bonds is 4. The van der Waals surface area contributed by atoms with Crippen LogP contribution in [0.2, 0.25) is 0 Å². The molecule has 2 aliphatic rings. The standard InChI is InChI=1S/C18H25N3O3/c1-11(19-14-4-6-15(7-5-14)20-12(2)22)13-3-8-17-16(9-13)21-18(23)10-24-17/h3,8-9,11,14-15,19H,4-7,10H2,1-2H3,(H,20,22)(H,21,23). The van der Waals surface area contributed by atoms with Crippen LogP contribution in [-0.4, -0.2) is 30.5 Å². The maximum absolute atomic E-state index is 11.4. The highest BCUT2D eigenvalue weighted by atomic mass is 16.5. The number of nitrogens with one attached hydrogen (secondary N) is 3. The van der Waals surface area contributed by atoms with E-state index >= 15 is 0 Å². The molecule has 1 fully saturated rings. The Kier molecular flexibility index (Phi) is 5.04. The van der Waals surface area contributed by atoms with Gasteiger partial charge in [-0.2, -0.15) is 0 Å². The molecule has 6 nitrogen and oxygen atoms in total. The Hall–Kier alpha value is -2.08. The fraction of sp³-hybridized carbons (Fsp3) is 0.556. The van der Waals surface area contributed by atoms with Crippen molar-refractivity contribution >= 4 is 17.5 Å². The lowest BCUT2D eigenvalue weighted by atomic mass is 9.90. The maximum Gasteiger partial charge on any atom is 0.262 e. The van der Waals surface area contributed by atoms with Crippen LogP contribution in [0.5, 0.6) is 5.75 Å². The molecule has 0 saturated heterocycles. The van der Waals surface area contributed by atoms with Gasteiger partial charge < -0.3 is 20.7 Å². The summed E-state index contributed by atoms with van der Waals surface area (Å²) in [5, 5.41) is 9.52. The van der Waals surface area contributed by atoms with Gasteiger partial charge in [-0.1, -0.05) is 6.07 Å². The fourth-order valence-corrected chi connectivity index (χ4v) is 3.51. The highest BCUT2D eigenvalue weighted by Crippen LogP contribution is 2.31. The zero-order chi connectivity index (χ0) is 17.1. The topological polar surface area (TPSA) is 79.5 Å². The minimum absolute atomic E-state index is 0.0538. The molecule has 1 heterocycles. The summed E-state index contributed by atoms with van der Waals surface area (Å²) in [6.07, 6.45) is 4.14. The van der Waals surface area contributed by atoms with Crippen LogP contribution in [0.4, 0.5) is 5.69 Å². The lowest BCUT2D eigenvalue weighted by Gasteiger charge is -2.32. The highest BCUT2D eigenvalue weighted by Gasteiger charge is 2.23. The molecule has 1 saturated carbocycles. The number of carbonyl (C=O) groups is 2. The molecular weight excluding hydrogens is 306 g/mol. The molecule has 1 aromatic rings. The first-order chi connectivity index (χ1) is 11.5. The van der Waals surface area contributed by atoms with Crippen molar-refractivity contribution < 1.29 is 14.3 Å². The van der Waals surface area contributed by atoms with Crippen LogP contribution in [0, 0.1) is 0 Å². The number of anilines is 1. The van der Waals surface area contributed by atoms with Crippen LogP contribution in [-0.2, 0) is 9.59 Å². The quantitative estimate of drug-likeness (QED) is 0.789. The van der Waals surface area contributed by atoms with Crippen molar-refractivity contribution in [3.8, 4) is 5.75 Å². The lowest BCUT2D eigenvalue weighted by Crippen LogP contribution is -2.42. The van der Waals surface area contributed by atoms with Crippen molar-refractivity contribution in [3.63, 3.8) is 0 Å². The van der Waals surface area contributed by atoms with Gasteiger partial charge >= 0.3 is 0 Å². The van der Waals surface area contributed by atoms with Gasteiger partial charge in [-0.3, -0.25) is 9.59 Å². The summed E-state index contributed by atoms with van der Waals surface area (Å²) in [7, 11) is 0. The normalized spacial score (nSPS) is 24.3. The number of amides is 2. The average Bonchev–Trinajstić information content (AvgIpc) is 2.55. The zero-order valence-electron chi connectivity index (χ0n) is 14.2. The molecule has 1 atom stereocenters. The first-order valence-electron chi connectivity index (χ1n) is 8.61. The molecule has 0 spiro atoms. The SMILES string of the molecule is CC(=O)NC1CCC(NC(C)c2ccc3c(c2)NC(=O)CO3)CC1. The summed E-state index contributed by atoms with van der Waals surface area (Å²) in [5.74, 6) is 0.663. The monoisotopic (exact) mass is 331 g/mol. The molecule has 3 N–H and O–H groups in total. The molecule has 24 heavy (non-hydrogen) atoms. The second-order valence-corrected chi connectivity index (χ2v) is 6.73. The van der Waals surface area contributed by atoms with E-state index in [0.29, 0.717) is 12.1 Å². The van der Waals surface area contributed by atoms with Crippen molar-refractivity contribution in [3.05, 3.63) is 23.8 Å². The van der Waals surface area contributed by atoms with Crippen molar-refractivity contribution in [2.75, 3.05) is 11.9 Å². The third-order valence-electron chi connectivity index (χ3n) is 4.76. The number of benzene rings is 1. The van der Waals surface area contributed by atoms with Crippen LogP contribution in [0.25, 0.3) is 0 Å². The molecule has 1 unspecified atom stereocenters. The van der Waals surface area contributed by atoms with Crippen molar-refractivity contribution in [2.24, 2.45) is 0 Å². The van der Waals surface area contributed by atoms with Gasteiger partial charge in [-0.05, 0) is 50.3 Å². The zero-order valence-corrected chi connectivity index (χ0v) is 14.2. The van der Waals surface area contributed by atoms with E-state index in [0.717, 1.165) is 42.7 Å². The van der Waals surface area contributed by atoms with Crippen LogP contribution < -0.4 is 20.7 Å². The summed E-state index contributed by atoms with van der Waals surface area (Å²) in [6.45, 7) is 3.79. The van der Waals surface area contributed by atoms with E-state index in [1.807, 2.05) is 18.2 Å². The predicted octanol–water partition coefficient (Wildman–Crippen LogP) is 2.12. The summed E-state index contributed by atoms with van der Waals surface area (Å²) >= 11 is 0. The number of hydrogen-bond acceptors (Lipinski definition) is 4. The summed E-state index contributed by atoms with van der Waals surface area (Å²) < 4.78 is 5.40. The number of ether oxygens (including phenoxy) is 1. The molecule has 1 aromatic carbocycles. The van der Waals surface area contributed by atoms with Crippen LogP contribution in [0.15, 0.2) is 18.2 Å². The third-order valence-corrected chi connectivity index (χ3v) is 4.76. The van der Waals surface area contributed by atoms with Crippen LogP contribution in [0.1, 0.15) is 51.1 Å². The summed E-state index contributed by atoms with van der Waals surface area (Å²) in [4.78, 5) is 22.6. The Morgan fingerprint density at radius 3 is 2.67 bits per heavy atom. The van der Waals surface area contributed by atoms with Crippen molar-refractivity contribution in [2.45, 2.75) is 57.7 Å². The predicted molar refractivity (Wildman–Crippen MR) is 92.0 cm³/mol. The fourth-order valence-electron chi connectivity index (χ4n) is 3.51. The Labute approximate surface area is 142 Å². The first-order valence-corrected chi connectivity index (χ1v) is 8.61. The largest absolute Gasteiger partial charge is 0.482 e. The molecule has 0 radical (unpaired) electrons. The van der Waals surface area contributed by atoms with Crippen LogP contribution >= 0.6 is 0 Å². The van der Waals surface area contributed by atoms with E-state index in [1.165, 1.54) is 0 Å². The van der Waals surface area contributed by atoms with E-state index in [4.69, 9.17) is 4.74 Å². The maximum atomic E-state index is 11.4. The van der Waals surface area contributed by atoms with Gasteiger partial charge in [0.1, 0.15) is 5.75 Å². The Bertz CT molecular complexity index is 624. The molecular formula is C18H25N3O3. The van der Waals surface area contributed by atoms with Gasteiger partial charge in [0.25, 0.3) is 5.91 Å². The second-order valence-electron chi connectivity index (χ2n) is 6.73. The molecule has 3 rings (SSSR count). The summed E-state index contributed by atoms with van der Waals surface area (Å²) in [5.41, 5.74) is 1.87. The average molecular weight is 331 g/mol. The minimum Gasteiger partial charge on any atom is -0.482 e. The number of hydrogen-bond donors (Lipinski definition) is 3. The smallest absolute Gasteiger partial charge is 0.262 e. The molecule has 1 aliphatic carbocycles. The Morgan fingerprint density at radius 2 is 1.96 bits per heavy atom. The Morgan fingerprint density at radius 1 is 1.25 bits per heavy atom. The first kappa shape index (κ1) is 16.8. The summed E-state index contributed by atoms with van der Waals surface area (Å²) in [6, 6.07) is 6.88. The minimum atomic E-state index is -0.114. The van der Waals surface area contributed by atoms with E-state index in [2.05, 4.69) is 22.9 Å². The van der Waals surface area contributed by atoms with E-state index in [1.54, 1.807) is 6.92 Å². The van der Waals surface area contributed by atoms with Crippen molar-refractivity contribution in [1.82, 2.24) is 10.6 Å². The van der Waals surface area contributed by atoms with Gasteiger partial charge in [-0.15, -0.1) is 0 Å². The lowest BCUT2D eigenvalue weighted by molar-refractivity contribution is -0.120. The van der Waals surface area contributed by atoms with Gasteiger partial charge in [0.05, 0.1) is 5.69 Å². The molecule has 130 valence electrons. The van der Waals surface area contributed by atoms with Crippen LogP contribution in [0.3, 0.4) is 0 Å². The molecule has 1 aliphatic heterocycles. The highest BCUT2D eigenvalue weighted by molar-refractivity contribution is 5.95. The van der Waals surface area contributed by atoms with Gasteiger partial charge in [0.2, 0.25) is 5.91 Å². The van der Waals surface area contributed by atoms with E-state index < -0.39 is 0 Å². The molecule has 2 amide bonds. The number of carbonyl (C=O) groups excluding carboxylic acids is 2. The van der Waals surface area contributed by atoms with E-state index in [9.17, 15) is 9.59 Å². The molecule has 6 heteroatoms.